The predicted molar refractivity (Wildman–Crippen MR) is 88.2 cm³/mol. The molecular weight excluding hydrogens is 298 g/mol. The monoisotopic (exact) mass is 321 g/mol. The number of ether oxygens (including phenoxy) is 1. The lowest BCUT2D eigenvalue weighted by Gasteiger charge is -2.28. The summed E-state index contributed by atoms with van der Waals surface area (Å²) in [6.45, 7) is 4.12. The Labute approximate surface area is 137 Å². The molecule has 1 N–H and O–H groups in total. The first kappa shape index (κ1) is 15.7. The number of amides is 1. The van der Waals surface area contributed by atoms with Gasteiger partial charge in [-0.15, -0.1) is 0 Å². The number of halogens is 1. The minimum absolute atomic E-state index is 0.0222. The van der Waals surface area contributed by atoms with E-state index in [9.17, 15) is 4.79 Å². The third kappa shape index (κ3) is 3.40. The molecule has 2 fully saturated rings. The topological polar surface area (TPSA) is 38.3 Å². The Kier molecular flexibility index (Phi) is 4.62. The Bertz CT molecular complexity index is 560. The van der Waals surface area contributed by atoms with Crippen molar-refractivity contribution in [1.29, 1.82) is 0 Å². The van der Waals surface area contributed by atoms with Crippen LogP contribution in [0, 0.1) is 24.7 Å². The molecule has 0 aliphatic heterocycles. The number of carbonyl (C=O) groups excluding carboxylic acids is 1. The van der Waals surface area contributed by atoms with Crippen LogP contribution >= 0.6 is 11.6 Å². The van der Waals surface area contributed by atoms with Crippen LogP contribution in [-0.2, 0) is 4.79 Å². The zero-order chi connectivity index (χ0) is 15.7. The SMILES string of the molecule is Cc1ccc(Cl)c(OCC(=O)N[C@@H](C)[C@H]2C[C@H]3CC[C@H]2C3)c1. The lowest BCUT2D eigenvalue weighted by molar-refractivity contribution is -0.124. The van der Waals surface area contributed by atoms with E-state index in [-0.39, 0.29) is 18.6 Å². The molecule has 0 radical (unpaired) electrons. The van der Waals surface area contributed by atoms with Crippen LogP contribution in [0.3, 0.4) is 0 Å². The number of rotatable bonds is 5. The summed E-state index contributed by atoms with van der Waals surface area (Å²) >= 11 is 6.08. The van der Waals surface area contributed by atoms with Gasteiger partial charge >= 0.3 is 0 Å². The third-order valence-electron chi connectivity index (χ3n) is 5.27. The van der Waals surface area contributed by atoms with Gasteiger partial charge in [-0.25, -0.2) is 0 Å². The zero-order valence-corrected chi connectivity index (χ0v) is 14.0. The molecule has 1 aromatic rings. The second-order valence-corrected chi connectivity index (χ2v) is 7.32. The van der Waals surface area contributed by atoms with Crippen molar-refractivity contribution in [3.8, 4) is 5.75 Å². The van der Waals surface area contributed by atoms with Crippen molar-refractivity contribution in [2.75, 3.05) is 6.61 Å². The van der Waals surface area contributed by atoms with Crippen LogP contribution in [0.5, 0.6) is 5.75 Å². The fourth-order valence-electron chi connectivity index (χ4n) is 4.17. The first-order valence-electron chi connectivity index (χ1n) is 8.21. The van der Waals surface area contributed by atoms with Gasteiger partial charge in [0, 0.05) is 6.04 Å². The summed E-state index contributed by atoms with van der Waals surface area (Å²) in [7, 11) is 0. The molecule has 2 aliphatic carbocycles. The van der Waals surface area contributed by atoms with Crippen molar-refractivity contribution < 1.29 is 9.53 Å². The Balaban J connectivity index is 1.49. The van der Waals surface area contributed by atoms with Gasteiger partial charge in [-0.1, -0.05) is 24.1 Å². The van der Waals surface area contributed by atoms with Gasteiger partial charge in [-0.3, -0.25) is 4.79 Å². The summed E-state index contributed by atoms with van der Waals surface area (Å²) in [5.74, 6) is 2.87. The van der Waals surface area contributed by atoms with Crippen molar-refractivity contribution >= 4 is 17.5 Å². The molecule has 3 rings (SSSR count). The van der Waals surface area contributed by atoms with Crippen molar-refractivity contribution in [1.82, 2.24) is 5.32 Å². The van der Waals surface area contributed by atoms with Crippen molar-refractivity contribution in [3.63, 3.8) is 0 Å². The zero-order valence-electron chi connectivity index (χ0n) is 13.3. The lowest BCUT2D eigenvalue weighted by Crippen LogP contribution is -2.42. The van der Waals surface area contributed by atoms with Gasteiger partial charge in [0.15, 0.2) is 6.61 Å². The van der Waals surface area contributed by atoms with E-state index in [2.05, 4.69) is 12.2 Å². The molecule has 1 amide bonds. The summed E-state index contributed by atoms with van der Waals surface area (Å²) in [6, 6.07) is 5.81. The molecule has 0 spiro atoms. The molecule has 2 bridgehead atoms. The fraction of sp³-hybridized carbons (Fsp3) is 0.611. The summed E-state index contributed by atoms with van der Waals surface area (Å²) in [5.41, 5.74) is 1.06. The van der Waals surface area contributed by atoms with Crippen LogP contribution in [0.4, 0.5) is 0 Å². The van der Waals surface area contributed by atoms with Crippen molar-refractivity contribution in [2.45, 2.75) is 45.6 Å². The van der Waals surface area contributed by atoms with E-state index in [0.717, 1.165) is 17.4 Å². The highest BCUT2D eigenvalue weighted by atomic mass is 35.5. The number of fused-ring (bicyclic) bond motifs is 2. The first-order valence-corrected chi connectivity index (χ1v) is 8.59. The highest BCUT2D eigenvalue weighted by molar-refractivity contribution is 6.32. The quantitative estimate of drug-likeness (QED) is 0.891. The summed E-state index contributed by atoms with van der Waals surface area (Å²) < 4.78 is 5.56. The molecule has 0 heterocycles. The molecule has 2 aliphatic rings. The van der Waals surface area contributed by atoms with Gasteiger partial charge < -0.3 is 10.1 Å². The molecule has 1 aromatic carbocycles. The molecule has 4 atom stereocenters. The Hall–Kier alpha value is -1.22. The van der Waals surface area contributed by atoms with Crippen LogP contribution in [0.1, 0.15) is 38.2 Å². The molecule has 0 saturated heterocycles. The Morgan fingerprint density at radius 1 is 1.41 bits per heavy atom. The van der Waals surface area contributed by atoms with E-state index in [4.69, 9.17) is 16.3 Å². The number of aryl methyl sites for hydroxylation is 1. The second-order valence-electron chi connectivity index (χ2n) is 6.92. The molecular formula is C18H24ClNO2. The van der Waals surface area contributed by atoms with E-state index in [1.807, 2.05) is 19.1 Å². The smallest absolute Gasteiger partial charge is 0.258 e. The number of hydrogen-bond acceptors (Lipinski definition) is 2. The van der Waals surface area contributed by atoms with Crippen molar-refractivity contribution in [2.24, 2.45) is 17.8 Å². The van der Waals surface area contributed by atoms with Crippen LogP contribution in [-0.4, -0.2) is 18.6 Å². The first-order chi connectivity index (χ1) is 10.5. The minimum Gasteiger partial charge on any atom is -0.482 e. The standard InChI is InChI=1S/C18H24ClNO2/c1-11-3-6-16(19)17(7-11)22-10-18(21)20-12(2)15-9-13-4-5-14(15)8-13/h3,6-7,12-15H,4-5,8-10H2,1-2H3,(H,20,21)/t12-,13-,14-,15+/m0/s1. The van der Waals surface area contributed by atoms with Gasteiger partial charge in [0.2, 0.25) is 0 Å². The van der Waals surface area contributed by atoms with Gasteiger partial charge in [0.1, 0.15) is 5.75 Å². The van der Waals surface area contributed by atoms with E-state index in [0.29, 0.717) is 16.7 Å². The highest BCUT2D eigenvalue weighted by Crippen LogP contribution is 2.49. The maximum absolute atomic E-state index is 12.1. The highest BCUT2D eigenvalue weighted by Gasteiger charge is 2.42. The van der Waals surface area contributed by atoms with Crippen LogP contribution in [0.2, 0.25) is 5.02 Å². The number of nitrogens with one attached hydrogen (secondary N) is 1. The molecule has 3 nitrogen and oxygen atoms in total. The molecule has 0 aromatic heterocycles. The molecule has 2 saturated carbocycles. The Morgan fingerprint density at radius 3 is 2.91 bits per heavy atom. The predicted octanol–water partition coefficient (Wildman–Crippen LogP) is 3.97. The minimum atomic E-state index is -0.0622. The van der Waals surface area contributed by atoms with E-state index in [1.165, 1.54) is 25.7 Å². The summed E-state index contributed by atoms with van der Waals surface area (Å²) in [6.07, 6.45) is 5.36. The molecule has 22 heavy (non-hydrogen) atoms. The van der Waals surface area contributed by atoms with Gasteiger partial charge in [-0.2, -0.15) is 0 Å². The van der Waals surface area contributed by atoms with Gasteiger partial charge in [0.25, 0.3) is 5.91 Å². The number of benzene rings is 1. The second kappa shape index (κ2) is 6.49. The van der Waals surface area contributed by atoms with Gasteiger partial charge in [-0.05, 0) is 68.6 Å². The molecule has 0 unspecified atom stereocenters. The summed E-state index contributed by atoms with van der Waals surface area (Å²) in [4.78, 5) is 12.1. The van der Waals surface area contributed by atoms with E-state index in [1.54, 1.807) is 6.07 Å². The van der Waals surface area contributed by atoms with E-state index >= 15 is 0 Å². The maximum atomic E-state index is 12.1. The van der Waals surface area contributed by atoms with Crippen LogP contribution < -0.4 is 10.1 Å². The van der Waals surface area contributed by atoms with Crippen molar-refractivity contribution in [3.05, 3.63) is 28.8 Å². The third-order valence-corrected chi connectivity index (χ3v) is 5.58. The number of carbonyl (C=O) groups is 1. The van der Waals surface area contributed by atoms with Crippen LogP contribution in [0.15, 0.2) is 18.2 Å². The maximum Gasteiger partial charge on any atom is 0.258 e. The average molecular weight is 322 g/mol. The lowest BCUT2D eigenvalue weighted by atomic mass is 9.84. The van der Waals surface area contributed by atoms with Gasteiger partial charge in [0.05, 0.1) is 5.02 Å². The molecule has 4 heteroatoms. The summed E-state index contributed by atoms with van der Waals surface area (Å²) in [5, 5.41) is 3.65. The normalized spacial score (nSPS) is 27.7. The average Bonchev–Trinajstić information content (AvgIpc) is 3.11. The molecule has 120 valence electrons. The van der Waals surface area contributed by atoms with E-state index < -0.39 is 0 Å². The Morgan fingerprint density at radius 2 is 2.23 bits per heavy atom. The fourth-order valence-corrected chi connectivity index (χ4v) is 4.35. The largest absolute Gasteiger partial charge is 0.482 e. The number of hydrogen-bond donors (Lipinski definition) is 1. The van der Waals surface area contributed by atoms with Crippen LogP contribution in [0.25, 0.3) is 0 Å².